The zero-order chi connectivity index (χ0) is 13.1. The summed E-state index contributed by atoms with van der Waals surface area (Å²) in [7, 11) is 0. The third kappa shape index (κ3) is 2.31. The van der Waals surface area contributed by atoms with Gasteiger partial charge in [0.05, 0.1) is 4.92 Å². The molecule has 0 heterocycles. The van der Waals surface area contributed by atoms with Crippen LogP contribution in [-0.2, 0) is 0 Å². The summed E-state index contributed by atoms with van der Waals surface area (Å²) in [5.41, 5.74) is 7.01. The van der Waals surface area contributed by atoms with Gasteiger partial charge in [0.2, 0.25) is 0 Å². The number of nitro benzene ring substituents is 1. The maximum atomic E-state index is 10.6. The maximum absolute atomic E-state index is 10.6. The average molecular weight is 244 g/mol. The van der Waals surface area contributed by atoms with Crippen LogP contribution >= 0.6 is 0 Å². The van der Waals surface area contributed by atoms with E-state index in [1.807, 2.05) is 6.07 Å². The maximum Gasteiger partial charge on any atom is 0.271 e. The van der Waals surface area contributed by atoms with Gasteiger partial charge in [0.25, 0.3) is 5.69 Å². The number of benzene rings is 2. The first-order chi connectivity index (χ1) is 8.59. The number of aliphatic hydroxyl groups is 1. The van der Waals surface area contributed by atoms with E-state index in [1.54, 1.807) is 24.3 Å². The van der Waals surface area contributed by atoms with E-state index < -0.39 is 11.0 Å². The van der Waals surface area contributed by atoms with Crippen LogP contribution in [0.2, 0.25) is 0 Å². The highest BCUT2D eigenvalue weighted by atomic mass is 16.6. The number of hydrogen-bond acceptors (Lipinski definition) is 4. The largest absolute Gasteiger partial charge is 0.398 e. The minimum atomic E-state index is -0.882. The van der Waals surface area contributed by atoms with Gasteiger partial charge < -0.3 is 10.8 Å². The van der Waals surface area contributed by atoms with E-state index >= 15 is 0 Å². The lowest BCUT2D eigenvalue weighted by molar-refractivity contribution is -0.384. The van der Waals surface area contributed by atoms with Gasteiger partial charge in [0.1, 0.15) is 6.10 Å². The molecule has 1 atom stereocenters. The van der Waals surface area contributed by atoms with Gasteiger partial charge in [-0.25, -0.2) is 0 Å². The van der Waals surface area contributed by atoms with Gasteiger partial charge in [-0.1, -0.05) is 30.3 Å². The molecule has 0 saturated carbocycles. The Morgan fingerprint density at radius 1 is 1.17 bits per heavy atom. The number of anilines is 1. The molecule has 5 heteroatoms. The second-order valence-electron chi connectivity index (χ2n) is 3.88. The van der Waals surface area contributed by atoms with Crippen LogP contribution in [0.1, 0.15) is 17.2 Å². The summed E-state index contributed by atoms with van der Waals surface area (Å²) >= 11 is 0. The number of nitrogens with zero attached hydrogens (tertiary/aromatic N) is 1. The molecule has 2 rings (SSSR count). The van der Waals surface area contributed by atoms with Crippen LogP contribution in [0.3, 0.4) is 0 Å². The van der Waals surface area contributed by atoms with E-state index in [4.69, 9.17) is 5.73 Å². The molecule has 0 aliphatic heterocycles. The van der Waals surface area contributed by atoms with Crippen LogP contribution in [0.25, 0.3) is 0 Å². The van der Waals surface area contributed by atoms with E-state index in [0.29, 0.717) is 11.1 Å². The van der Waals surface area contributed by atoms with E-state index in [1.165, 1.54) is 18.2 Å². The number of aliphatic hydroxyl groups excluding tert-OH is 1. The highest BCUT2D eigenvalue weighted by molar-refractivity contribution is 5.56. The van der Waals surface area contributed by atoms with E-state index in [2.05, 4.69) is 0 Å². The minimum absolute atomic E-state index is 0.0866. The Labute approximate surface area is 104 Å². The molecule has 0 aliphatic rings. The van der Waals surface area contributed by atoms with Gasteiger partial charge in [-0.2, -0.15) is 0 Å². The lowest BCUT2D eigenvalue weighted by atomic mass is 10.00. The first-order valence-electron chi connectivity index (χ1n) is 5.36. The monoisotopic (exact) mass is 244 g/mol. The average Bonchev–Trinajstić information content (AvgIpc) is 2.38. The summed E-state index contributed by atoms with van der Waals surface area (Å²) in [6.45, 7) is 0. The lowest BCUT2D eigenvalue weighted by Gasteiger charge is -2.13. The van der Waals surface area contributed by atoms with Crippen molar-refractivity contribution < 1.29 is 10.0 Å². The van der Waals surface area contributed by atoms with E-state index in [0.717, 1.165) is 0 Å². The molecule has 0 fully saturated rings. The highest BCUT2D eigenvalue weighted by Crippen LogP contribution is 2.29. The summed E-state index contributed by atoms with van der Waals surface area (Å²) in [5.74, 6) is 0. The van der Waals surface area contributed by atoms with Gasteiger partial charge in [0.15, 0.2) is 0 Å². The Morgan fingerprint density at radius 2 is 1.83 bits per heavy atom. The second-order valence-corrected chi connectivity index (χ2v) is 3.88. The van der Waals surface area contributed by atoms with Crippen LogP contribution in [0, 0.1) is 10.1 Å². The van der Waals surface area contributed by atoms with Gasteiger partial charge in [-0.15, -0.1) is 0 Å². The summed E-state index contributed by atoms with van der Waals surface area (Å²) in [5, 5.41) is 20.7. The van der Waals surface area contributed by atoms with Gasteiger partial charge >= 0.3 is 0 Å². The molecule has 0 spiro atoms. The normalized spacial score (nSPS) is 12.1. The molecule has 0 amide bonds. The molecule has 2 aromatic carbocycles. The molecule has 2 aromatic rings. The van der Waals surface area contributed by atoms with Crippen LogP contribution < -0.4 is 5.73 Å². The molecule has 1 unspecified atom stereocenters. The first kappa shape index (κ1) is 12.1. The summed E-state index contributed by atoms with van der Waals surface area (Å²) in [6, 6.07) is 13.1. The third-order valence-corrected chi connectivity index (χ3v) is 2.69. The van der Waals surface area contributed by atoms with Gasteiger partial charge in [0, 0.05) is 23.4 Å². The Bertz CT molecular complexity index is 570. The van der Waals surface area contributed by atoms with Crippen molar-refractivity contribution in [1.29, 1.82) is 0 Å². The van der Waals surface area contributed by atoms with Crippen molar-refractivity contribution in [1.82, 2.24) is 0 Å². The number of nitro groups is 1. The Balaban J connectivity index is 2.37. The van der Waals surface area contributed by atoms with Gasteiger partial charge in [-0.3, -0.25) is 10.1 Å². The molecule has 0 bridgehead atoms. The number of nitrogen functional groups attached to an aromatic ring is 1. The fourth-order valence-corrected chi connectivity index (χ4v) is 1.74. The molecule has 92 valence electrons. The number of nitrogens with two attached hydrogens (primary N) is 1. The molecule has 5 nitrogen and oxygen atoms in total. The first-order valence-corrected chi connectivity index (χ1v) is 5.36. The summed E-state index contributed by atoms with van der Waals surface area (Å²) in [4.78, 5) is 10.1. The third-order valence-electron chi connectivity index (χ3n) is 2.69. The summed E-state index contributed by atoms with van der Waals surface area (Å²) < 4.78 is 0. The fraction of sp³-hybridized carbons (Fsp3) is 0.0769. The van der Waals surface area contributed by atoms with Crippen LogP contribution in [0.5, 0.6) is 0 Å². The lowest BCUT2D eigenvalue weighted by Crippen LogP contribution is -2.04. The zero-order valence-corrected chi connectivity index (χ0v) is 9.48. The zero-order valence-electron chi connectivity index (χ0n) is 9.48. The topological polar surface area (TPSA) is 89.4 Å². The number of hydrogen-bond donors (Lipinski definition) is 2. The van der Waals surface area contributed by atoms with Crippen molar-refractivity contribution in [3.8, 4) is 0 Å². The number of non-ortho nitro benzene ring substituents is 1. The molecule has 0 saturated heterocycles. The number of rotatable bonds is 3. The van der Waals surface area contributed by atoms with E-state index in [-0.39, 0.29) is 11.4 Å². The Morgan fingerprint density at radius 3 is 2.39 bits per heavy atom. The SMILES string of the molecule is Nc1cc([N+](=O)[O-])ccc1C(O)c1ccccc1. The molecule has 0 aliphatic carbocycles. The quantitative estimate of drug-likeness (QED) is 0.492. The molecule has 18 heavy (non-hydrogen) atoms. The fourth-order valence-electron chi connectivity index (χ4n) is 1.74. The Kier molecular flexibility index (Phi) is 3.25. The smallest absolute Gasteiger partial charge is 0.271 e. The van der Waals surface area contributed by atoms with Crippen molar-refractivity contribution >= 4 is 11.4 Å². The van der Waals surface area contributed by atoms with Crippen molar-refractivity contribution in [2.24, 2.45) is 0 Å². The van der Waals surface area contributed by atoms with Crippen molar-refractivity contribution in [2.75, 3.05) is 5.73 Å². The van der Waals surface area contributed by atoms with E-state index in [9.17, 15) is 15.2 Å². The van der Waals surface area contributed by atoms with Crippen LogP contribution in [0.4, 0.5) is 11.4 Å². The molecule has 3 N–H and O–H groups in total. The summed E-state index contributed by atoms with van der Waals surface area (Å²) in [6.07, 6.45) is -0.882. The van der Waals surface area contributed by atoms with Crippen molar-refractivity contribution in [3.63, 3.8) is 0 Å². The van der Waals surface area contributed by atoms with Crippen molar-refractivity contribution in [3.05, 3.63) is 69.8 Å². The van der Waals surface area contributed by atoms with Crippen molar-refractivity contribution in [2.45, 2.75) is 6.10 Å². The standard InChI is InChI=1S/C13H12N2O3/c14-12-8-10(15(17)18)6-7-11(12)13(16)9-4-2-1-3-5-9/h1-8,13,16H,14H2. The van der Waals surface area contributed by atoms with Crippen LogP contribution in [-0.4, -0.2) is 10.0 Å². The Hall–Kier alpha value is -2.40. The predicted octanol–water partition coefficient (Wildman–Crippen LogP) is 2.26. The molecule has 0 aromatic heterocycles. The molecular formula is C13H12N2O3. The van der Waals surface area contributed by atoms with Crippen LogP contribution in [0.15, 0.2) is 48.5 Å². The van der Waals surface area contributed by atoms with Gasteiger partial charge in [-0.05, 0) is 11.6 Å². The second kappa shape index (κ2) is 4.85. The molecule has 0 radical (unpaired) electrons. The minimum Gasteiger partial charge on any atom is -0.398 e. The molecular weight excluding hydrogens is 232 g/mol. The highest BCUT2D eigenvalue weighted by Gasteiger charge is 2.16. The predicted molar refractivity (Wildman–Crippen MR) is 68.0 cm³/mol.